The lowest BCUT2D eigenvalue weighted by molar-refractivity contribution is 0.0950. The van der Waals surface area contributed by atoms with E-state index in [2.05, 4.69) is 16.0 Å². The van der Waals surface area contributed by atoms with Gasteiger partial charge in [0.15, 0.2) is 0 Å². The summed E-state index contributed by atoms with van der Waals surface area (Å²) in [5.41, 5.74) is 1.05. The minimum absolute atomic E-state index is 0. The van der Waals surface area contributed by atoms with Crippen LogP contribution in [0, 0.1) is 0 Å². The maximum Gasteiger partial charge on any atom is 0.321 e. The zero-order valence-electron chi connectivity index (χ0n) is 13.2. The molecular formula is C15H22Cl2N4O2. The number of hydrogen-bond acceptors (Lipinski definition) is 3. The number of carbonyl (C=O) groups is 2. The fourth-order valence-electron chi connectivity index (χ4n) is 2.33. The molecule has 1 atom stereocenters. The first-order chi connectivity index (χ1) is 10.5. The highest BCUT2D eigenvalue weighted by Gasteiger charge is 2.22. The van der Waals surface area contributed by atoms with Gasteiger partial charge in [0.1, 0.15) is 0 Å². The Kier molecular flexibility index (Phi) is 7.61. The number of amides is 3. The molecule has 1 aromatic rings. The van der Waals surface area contributed by atoms with Gasteiger partial charge in [-0.1, -0.05) is 18.5 Å². The number of nitrogens with zero attached hydrogens (tertiary/aromatic N) is 1. The number of halogens is 2. The number of hydrogen-bond donors (Lipinski definition) is 3. The maximum atomic E-state index is 12.3. The van der Waals surface area contributed by atoms with E-state index in [4.69, 9.17) is 11.6 Å². The Balaban J connectivity index is 0.00000264. The number of nitrogens with one attached hydrogen (secondary N) is 3. The van der Waals surface area contributed by atoms with Gasteiger partial charge < -0.3 is 16.0 Å². The smallest absolute Gasteiger partial charge is 0.321 e. The van der Waals surface area contributed by atoms with Crippen LogP contribution in [0.25, 0.3) is 0 Å². The molecule has 6 nitrogen and oxygen atoms in total. The Bertz CT molecular complexity index is 568. The van der Waals surface area contributed by atoms with Gasteiger partial charge in [-0.25, -0.2) is 4.79 Å². The van der Waals surface area contributed by atoms with Crippen LogP contribution in [0.2, 0.25) is 5.02 Å². The number of rotatable bonds is 6. The molecule has 1 aromatic carbocycles. The Hall–Kier alpha value is -1.50. The molecule has 23 heavy (non-hydrogen) atoms. The second-order valence-electron chi connectivity index (χ2n) is 5.22. The van der Waals surface area contributed by atoms with E-state index in [-0.39, 0.29) is 30.4 Å². The van der Waals surface area contributed by atoms with Gasteiger partial charge >= 0.3 is 6.03 Å². The highest BCUT2D eigenvalue weighted by molar-refractivity contribution is 6.34. The summed E-state index contributed by atoms with van der Waals surface area (Å²) in [6, 6.07) is 5.06. The summed E-state index contributed by atoms with van der Waals surface area (Å²) in [7, 11) is 0. The summed E-state index contributed by atoms with van der Waals surface area (Å²) in [4.78, 5) is 25.6. The summed E-state index contributed by atoms with van der Waals surface area (Å²) in [5, 5.41) is 9.17. The zero-order valence-corrected chi connectivity index (χ0v) is 14.8. The first kappa shape index (κ1) is 19.5. The first-order valence-corrected chi connectivity index (χ1v) is 7.77. The Labute approximate surface area is 147 Å². The lowest BCUT2D eigenvalue weighted by Gasteiger charge is -2.17. The molecule has 0 radical (unpaired) electrons. The van der Waals surface area contributed by atoms with Crippen molar-refractivity contribution in [1.82, 2.24) is 16.0 Å². The van der Waals surface area contributed by atoms with Gasteiger partial charge in [-0.2, -0.15) is 0 Å². The monoisotopic (exact) mass is 360 g/mol. The van der Waals surface area contributed by atoms with E-state index in [1.54, 1.807) is 23.1 Å². The lowest BCUT2D eigenvalue weighted by Crippen LogP contribution is -2.39. The van der Waals surface area contributed by atoms with Crippen LogP contribution in [0.15, 0.2) is 18.2 Å². The van der Waals surface area contributed by atoms with E-state index in [9.17, 15) is 9.59 Å². The third kappa shape index (κ3) is 4.99. The summed E-state index contributed by atoms with van der Waals surface area (Å²) in [5.74, 6) is -0.240. The molecule has 0 saturated carbocycles. The number of likely N-dealkylation sites (N-methyl/N-ethyl adjacent to an activating group) is 1. The normalized spacial score (nSPS) is 14.9. The first-order valence-electron chi connectivity index (χ1n) is 7.39. The van der Waals surface area contributed by atoms with Crippen molar-refractivity contribution in [2.24, 2.45) is 0 Å². The molecule has 1 aliphatic rings. The van der Waals surface area contributed by atoms with E-state index in [1.165, 1.54) is 0 Å². The van der Waals surface area contributed by atoms with E-state index >= 15 is 0 Å². The van der Waals surface area contributed by atoms with Crippen molar-refractivity contribution in [3.05, 3.63) is 28.8 Å². The third-order valence-corrected chi connectivity index (χ3v) is 3.81. The van der Waals surface area contributed by atoms with Crippen LogP contribution < -0.4 is 20.9 Å². The molecule has 128 valence electrons. The van der Waals surface area contributed by atoms with Crippen LogP contribution >= 0.6 is 24.0 Å². The van der Waals surface area contributed by atoms with Crippen LogP contribution in [0.4, 0.5) is 10.5 Å². The SMILES string of the molecule is CCN[C@H](C)CNC(=O)c1cc(N2CCNC2=O)ccc1Cl.Cl. The lowest BCUT2D eigenvalue weighted by atomic mass is 10.1. The molecule has 0 bridgehead atoms. The van der Waals surface area contributed by atoms with Crippen molar-refractivity contribution in [2.75, 3.05) is 31.1 Å². The van der Waals surface area contributed by atoms with Crippen molar-refractivity contribution >= 4 is 41.6 Å². The van der Waals surface area contributed by atoms with Crippen LogP contribution in [0.5, 0.6) is 0 Å². The van der Waals surface area contributed by atoms with Crippen molar-refractivity contribution in [3.63, 3.8) is 0 Å². The molecule has 3 amide bonds. The average Bonchev–Trinajstić information content (AvgIpc) is 2.92. The van der Waals surface area contributed by atoms with E-state index in [0.717, 1.165) is 6.54 Å². The zero-order chi connectivity index (χ0) is 16.1. The van der Waals surface area contributed by atoms with Crippen molar-refractivity contribution in [2.45, 2.75) is 19.9 Å². The van der Waals surface area contributed by atoms with Gasteiger partial charge in [-0.05, 0) is 31.7 Å². The topological polar surface area (TPSA) is 73.5 Å². The Morgan fingerprint density at radius 2 is 2.22 bits per heavy atom. The Morgan fingerprint density at radius 3 is 2.83 bits per heavy atom. The van der Waals surface area contributed by atoms with E-state index < -0.39 is 0 Å². The van der Waals surface area contributed by atoms with Gasteiger partial charge in [0, 0.05) is 31.4 Å². The number of carbonyl (C=O) groups excluding carboxylic acids is 2. The molecule has 1 fully saturated rings. The molecule has 0 aliphatic carbocycles. The van der Waals surface area contributed by atoms with Crippen molar-refractivity contribution in [3.8, 4) is 0 Å². The second kappa shape index (κ2) is 8.96. The second-order valence-corrected chi connectivity index (χ2v) is 5.62. The fourth-order valence-corrected chi connectivity index (χ4v) is 2.54. The minimum Gasteiger partial charge on any atom is -0.350 e. The molecule has 0 aromatic heterocycles. The summed E-state index contributed by atoms with van der Waals surface area (Å²) < 4.78 is 0. The highest BCUT2D eigenvalue weighted by Crippen LogP contribution is 2.24. The van der Waals surface area contributed by atoms with E-state index in [1.807, 2.05) is 13.8 Å². The minimum atomic E-state index is -0.240. The van der Waals surface area contributed by atoms with Crippen molar-refractivity contribution in [1.29, 1.82) is 0 Å². The van der Waals surface area contributed by atoms with Gasteiger partial charge in [0.2, 0.25) is 0 Å². The fraction of sp³-hybridized carbons (Fsp3) is 0.467. The molecule has 1 saturated heterocycles. The van der Waals surface area contributed by atoms with Crippen LogP contribution in [-0.4, -0.2) is 44.2 Å². The van der Waals surface area contributed by atoms with Gasteiger partial charge in [-0.3, -0.25) is 9.69 Å². The summed E-state index contributed by atoms with van der Waals surface area (Å²) in [6.45, 7) is 6.55. The van der Waals surface area contributed by atoms with Gasteiger partial charge in [0.25, 0.3) is 5.91 Å². The largest absolute Gasteiger partial charge is 0.350 e. The number of benzene rings is 1. The van der Waals surface area contributed by atoms with Crippen LogP contribution in [0.3, 0.4) is 0 Å². The van der Waals surface area contributed by atoms with Gasteiger partial charge in [0.05, 0.1) is 10.6 Å². The summed E-state index contributed by atoms with van der Waals surface area (Å²) >= 11 is 6.12. The predicted molar refractivity (Wildman–Crippen MR) is 94.9 cm³/mol. The van der Waals surface area contributed by atoms with E-state index in [0.29, 0.717) is 35.9 Å². The molecule has 8 heteroatoms. The standard InChI is InChI=1S/C15H21ClN4O2.ClH/c1-3-17-10(2)9-19-14(21)12-8-11(4-5-13(12)16)20-7-6-18-15(20)22;/h4-5,8,10,17H,3,6-7,9H2,1-2H3,(H,18,22)(H,19,21);1H/t10-;/m1./s1. The maximum absolute atomic E-state index is 12.3. The average molecular weight is 361 g/mol. The molecular weight excluding hydrogens is 339 g/mol. The number of anilines is 1. The molecule has 1 heterocycles. The molecule has 1 aliphatic heterocycles. The Morgan fingerprint density at radius 1 is 1.48 bits per heavy atom. The number of urea groups is 1. The predicted octanol–water partition coefficient (Wildman–Crippen LogP) is 2.02. The molecule has 3 N–H and O–H groups in total. The van der Waals surface area contributed by atoms with Crippen LogP contribution in [0.1, 0.15) is 24.2 Å². The molecule has 2 rings (SSSR count). The highest BCUT2D eigenvalue weighted by atomic mass is 35.5. The summed E-state index contributed by atoms with van der Waals surface area (Å²) in [6.07, 6.45) is 0. The molecule has 0 spiro atoms. The quantitative estimate of drug-likeness (QED) is 0.726. The molecule has 0 unspecified atom stereocenters. The van der Waals surface area contributed by atoms with Crippen molar-refractivity contribution < 1.29 is 9.59 Å². The van der Waals surface area contributed by atoms with Crippen LogP contribution in [-0.2, 0) is 0 Å². The van der Waals surface area contributed by atoms with Gasteiger partial charge in [-0.15, -0.1) is 12.4 Å². The third-order valence-electron chi connectivity index (χ3n) is 3.48.